The Labute approximate surface area is 136 Å². The van der Waals surface area contributed by atoms with E-state index < -0.39 is 0 Å². The van der Waals surface area contributed by atoms with Crippen molar-refractivity contribution < 1.29 is 14.0 Å². The molecule has 1 aromatic carbocycles. The molecule has 0 spiro atoms. The van der Waals surface area contributed by atoms with Gasteiger partial charge in [0.1, 0.15) is 5.82 Å². The molecule has 124 valence electrons. The van der Waals surface area contributed by atoms with Crippen molar-refractivity contribution in [2.24, 2.45) is 0 Å². The van der Waals surface area contributed by atoms with E-state index in [0.717, 1.165) is 38.6 Å². The molecule has 0 saturated carbocycles. The average Bonchev–Trinajstić information content (AvgIpc) is 2.79. The first-order valence-electron chi connectivity index (χ1n) is 8.49. The largest absolute Gasteiger partial charge is 0.340 e. The van der Waals surface area contributed by atoms with Gasteiger partial charge in [0, 0.05) is 37.7 Å². The molecule has 2 amide bonds. The predicted molar refractivity (Wildman–Crippen MR) is 85.5 cm³/mol. The summed E-state index contributed by atoms with van der Waals surface area (Å²) < 4.78 is 13.0. The van der Waals surface area contributed by atoms with Crippen LogP contribution in [0.4, 0.5) is 4.39 Å². The van der Waals surface area contributed by atoms with Gasteiger partial charge >= 0.3 is 0 Å². The second-order valence-electron chi connectivity index (χ2n) is 6.43. The zero-order chi connectivity index (χ0) is 16.2. The van der Waals surface area contributed by atoms with Crippen molar-refractivity contribution in [2.45, 2.75) is 44.6 Å². The molecule has 0 aromatic heterocycles. The highest BCUT2D eigenvalue weighted by Gasteiger charge is 2.30. The van der Waals surface area contributed by atoms with Gasteiger partial charge in [0.2, 0.25) is 5.91 Å². The fourth-order valence-corrected chi connectivity index (χ4v) is 3.55. The molecular formula is C18H23FN2O2. The Bertz CT molecular complexity index is 565. The number of benzene rings is 1. The van der Waals surface area contributed by atoms with Crippen LogP contribution in [0, 0.1) is 5.82 Å². The summed E-state index contributed by atoms with van der Waals surface area (Å²) in [6, 6.07) is 5.95. The minimum Gasteiger partial charge on any atom is -0.340 e. The van der Waals surface area contributed by atoms with E-state index in [1.54, 1.807) is 0 Å². The second-order valence-corrected chi connectivity index (χ2v) is 6.43. The van der Waals surface area contributed by atoms with Crippen LogP contribution in [0.2, 0.25) is 0 Å². The van der Waals surface area contributed by atoms with Crippen LogP contribution in [0.15, 0.2) is 24.3 Å². The van der Waals surface area contributed by atoms with Crippen molar-refractivity contribution in [2.75, 3.05) is 19.6 Å². The van der Waals surface area contributed by atoms with Crippen molar-refractivity contribution in [3.8, 4) is 0 Å². The van der Waals surface area contributed by atoms with Gasteiger partial charge < -0.3 is 9.80 Å². The van der Waals surface area contributed by atoms with E-state index in [0.29, 0.717) is 25.1 Å². The van der Waals surface area contributed by atoms with E-state index in [9.17, 15) is 14.0 Å². The van der Waals surface area contributed by atoms with Gasteiger partial charge in [0.15, 0.2) is 0 Å². The van der Waals surface area contributed by atoms with Crippen LogP contribution in [0.25, 0.3) is 0 Å². The number of likely N-dealkylation sites (tertiary alicyclic amines) is 2. The number of hydrogen-bond acceptors (Lipinski definition) is 2. The molecule has 0 atom stereocenters. The molecule has 1 aromatic rings. The van der Waals surface area contributed by atoms with Crippen molar-refractivity contribution in [1.82, 2.24) is 9.80 Å². The highest BCUT2D eigenvalue weighted by molar-refractivity contribution is 5.94. The van der Waals surface area contributed by atoms with Crippen molar-refractivity contribution >= 4 is 11.8 Å². The van der Waals surface area contributed by atoms with Crippen molar-refractivity contribution in [1.29, 1.82) is 0 Å². The Morgan fingerprint density at radius 2 is 1.70 bits per heavy atom. The van der Waals surface area contributed by atoms with Gasteiger partial charge in [-0.3, -0.25) is 9.59 Å². The fraction of sp³-hybridized carbons (Fsp3) is 0.556. The topological polar surface area (TPSA) is 40.6 Å². The molecule has 2 aliphatic heterocycles. The molecule has 4 nitrogen and oxygen atoms in total. The fourth-order valence-electron chi connectivity index (χ4n) is 3.55. The molecule has 23 heavy (non-hydrogen) atoms. The number of piperidine rings is 1. The quantitative estimate of drug-likeness (QED) is 0.841. The summed E-state index contributed by atoms with van der Waals surface area (Å²) in [6.07, 6.45) is 5.54. The molecule has 5 heteroatoms. The number of halogens is 1. The molecule has 3 rings (SSSR count). The number of hydrogen-bond donors (Lipinski definition) is 0. The van der Waals surface area contributed by atoms with Gasteiger partial charge in [-0.1, -0.05) is 6.42 Å². The third-order valence-corrected chi connectivity index (χ3v) is 4.89. The van der Waals surface area contributed by atoms with E-state index in [1.165, 1.54) is 24.3 Å². The first-order chi connectivity index (χ1) is 11.1. The van der Waals surface area contributed by atoms with E-state index in [1.807, 2.05) is 9.80 Å². The van der Waals surface area contributed by atoms with Gasteiger partial charge in [0.25, 0.3) is 5.91 Å². The lowest BCUT2D eigenvalue weighted by atomic mass is 10.0. The van der Waals surface area contributed by atoms with Crippen LogP contribution in [0.5, 0.6) is 0 Å². The third kappa shape index (κ3) is 3.71. The van der Waals surface area contributed by atoms with E-state index >= 15 is 0 Å². The van der Waals surface area contributed by atoms with Gasteiger partial charge in [-0.2, -0.15) is 0 Å². The van der Waals surface area contributed by atoms with Crippen LogP contribution in [-0.4, -0.2) is 47.3 Å². The Kier molecular flexibility index (Phi) is 4.94. The van der Waals surface area contributed by atoms with Crippen LogP contribution < -0.4 is 0 Å². The number of nitrogens with zero attached hydrogens (tertiary/aromatic N) is 2. The highest BCUT2D eigenvalue weighted by atomic mass is 19.1. The Balaban J connectivity index is 1.58. The van der Waals surface area contributed by atoms with Crippen LogP contribution in [0.1, 0.15) is 48.9 Å². The lowest BCUT2D eigenvalue weighted by molar-refractivity contribution is -0.133. The summed E-state index contributed by atoms with van der Waals surface area (Å²) >= 11 is 0. The van der Waals surface area contributed by atoms with Crippen molar-refractivity contribution in [3.63, 3.8) is 0 Å². The molecule has 0 N–H and O–H groups in total. The minimum atomic E-state index is -0.333. The third-order valence-electron chi connectivity index (χ3n) is 4.89. The average molecular weight is 318 g/mol. The summed E-state index contributed by atoms with van der Waals surface area (Å²) in [4.78, 5) is 28.5. The molecule has 2 saturated heterocycles. The maximum atomic E-state index is 13.0. The summed E-state index contributed by atoms with van der Waals surface area (Å²) in [5, 5.41) is 0. The van der Waals surface area contributed by atoms with Crippen LogP contribution in [-0.2, 0) is 4.79 Å². The molecule has 0 aliphatic carbocycles. The number of rotatable bonds is 2. The van der Waals surface area contributed by atoms with Gasteiger partial charge in [-0.05, 0) is 49.9 Å². The van der Waals surface area contributed by atoms with Crippen LogP contribution >= 0.6 is 0 Å². The normalized spacial score (nSPS) is 20.5. The molecule has 0 bridgehead atoms. The predicted octanol–water partition coefficient (Wildman–Crippen LogP) is 2.83. The van der Waals surface area contributed by atoms with Gasteiger partial charge in [-0.25, -0.2) is 4.39 Å². The van der Waals surface area contributed by atoms with E-state index in [4.69, 9.17) is 0 Å². The van der Waals surface area contributed by atoms with Gasteiger partial charge in [-0.15, -0.1) is 0 Å². The van der Waals surface area contributed by atoms with Gasteiger partial charge in [0.05, 0.1) is 0 Å². The Hall–Kier alpha value is -1.91. The molecule has 2 aliphatic rings. The number of carbonyl (C=O) groups excluding carboxylic acids is 2. The zero-order valence-corrected chi connectivity index (χ0v) is 13.3. The summed E-state index contributed by atoms with van der Waals surface area (Å²) in [5.74, 6) is -0.114. The minimum absolute atomic E-state index is 0.0503. The number of amides is 2. The zero-order valence-electron chi connectivity index (χ0n) is 13.3. The number of carbonyl (C=O) groups is 2. The summed E-state index contributed by atoms with van der Waals surface area (Å²) in [6.45, 7) is 2.17. The first-order valence-corrected chi connectivity index (χ1v) is 8.49. The van der Waals surface area contributed by atoms with Crippen molar-refractivity contribution in [3.05, 3.63) is 35.6 Å². The Morgan fingerprint density at radius 3 is 2.39 bits per heavy atom. The van der Waals surface area contributed by atoms with E-state index in [-0.39, 0.29) is 23.7 Å². The lowest BCUT2D eigenvalue weighted by Gasteiger charge is -2.38. The molecule has 0 radical (unpaired) electrons. The monoisotopic (exact) mass is 318 g/mol. The SMILES string of the molecule is O=C(c1ccc(F)cc1)N1CCC(N2CCCCCC2=O)CC1. The maximum Gasteiger partial charge on any atom is 0.253 e. The summed E-state index contributed by atoms with van der Waals surface area (Å²) in [5.41, 5.74) is 0.524. The molecule has 2 fully saturated rings. The highest BCUT2D eigenvalue weighted by Crippen LogP contribution is 2.22. The first kappa shape index (κ1) is 16.0. The van der Waals surface area contributed by atoms with E-state index in [2.05, 4.69) is 0 Å². The van der Waals surface area contributed by atoms with Crippen LogP contribution in [0.3, 0.4) is 0 Å². The molecule has 0 unspecified atom stereocenters. The standard InChI is InChI=1S/C18H23FN2O2/c19-15-7-5-14(6-8-15)18(23)20-12-9-16(10-13-20)21-11-3-1-2-4-17(21)22/h5-8,16H,1-4,9-13H2. The smallest absolute Gasteiger partial charge is 0.253 e. The lowest BCUT2D eigenvalue weighted by Crippen LogP contribution is -2.48. The second kappa shape index (κ2) is 7.11. The maximum absolute atomic E-state index is 13.0. The Morgan fingerprint density at radius 1 is 1.00 bits per heavy atom. The summed E-state index contributed by atoms with van der Waals surface area (Å²) in [7, 11) is 0. The molecular weight excluding hydrogens is 295 g/mol. The molecule has 2 heterocycles.